The van der Waals surface area contributed by atoms with E-state index in [9.17, 15) is 9.90 Å². The Morgan fingerprint density at radius 1 is 1.47 bits per heavy atom. The Kier molecular flexibility index (Phi) is 4.91. The molecule has 0 radical (unpaired) electrons. The average Bonchev–Trinajstić information content (AvgIpc) is 2.46. The van der Waals surface area contributed by atoms with Gasteiger partial charge in [0, 0.05) is 12.2 Å². The summed E-state index contributed by atoms with van der Waals surface area (Å²) in [5.74, 6) is -0.577. The fraction of sp³-hybridized carbons (Fsp3) is 0.600. The van der Waals surface area contributed by atoms with Gasteiger partial charge in [0.1, 0.15) is 0 Å². The lowest BCUT2D eigenvalue weighted by Crippen LogP contribution is -2.35. The Bertz CT molecular complexity index is 408. The van der Waals surface area contributed by atoms with Gasteiger partial charge in [-0.15, -0.1) is 0 Å². The molecule has 0 aliphatic heterocycles. The second-order valence-electron chi connectivity index (χ2n) is 5.37. The molecule has 0 saturated heterocycles. The van der Waals surface area contributed by atoms with Crippen molar-refractivity contribution in [2.75, 3.05) is 6.54 Å². The molecular weight excluding hydrogens is 240 g/mol. The summed E-state index contributed by atoms with van der Waals surface area (Å²) in [6, 6.07) is 6.03. The van der Waals surface area contributed by atoms with E-state index in [0.717, 1.165) is 37.9 Å². The lowest BCUT2D eigenvalue weighted by atomic mass is 9.79. The highest BCUT2D eigenvalue weighted by atomic mass is 16.4. The minimum Gasteiger partial charge on any atom is -0.481 e. The van der Waals surface area contributed by atoms with Crippen molar-refractivity contribution in [1.82, 2.24) is 10.3 Å². The van der Waals surface area contributed by atoms with Crippen LogP contribution in [0.1, 0.15) is 44.3 Å². The topological polar surface area (TPSA) is 62.2 Å². The summed E-state index contributed by atoms with van der Waals surface area (Å²) in [4.78, 5) is 15.6. The third-order valence-corrected chi connectivity index (χ3v) is 4.04. The van der Waals surface area contributed by atoms with Gasteiger partial charge in [0.15, 0.2) is 0 Å². The highest BCUT2D eigenvalue weighted by Gasteiger charge is 2.30. The van der Waals surface area contributed by atoms with Crippen LogP contribution in [0, 0.1) is 11.8 Å². The predicted molar refractivity (Wildman–Crippen MR) is 73.7 cm³/mol. The van der Waals surface area contributed by atoms with Crippen LogP contribution < -0.4 is 5.32 Å². The van der Waals surface area contributed by atoms with Gasteiger partial charge in [-0.2, -0.15) is 0 Å². The molecule has 1 aliphatic carbocycles. The van der Waals surface area contributed by atoms with Crippen LogP contribution in [0.5, 0.6) is 0 Å². The van der Waals surface area contributed by atoms with Gasteiger partial charge >= 0.3 is 5.97 Å². The maximum absolute atomic E-state index is 11.2. The summed E-state index contributed by atoms with van der Waals surface area (Å²) in [5.41, 5.74) is 1.00. The molecule has 1 aliphatic rings. The van der Waals surface area contributed by atoms with E-state index in [-0.39, 0.29) is 17.9 Å². The minimum absolute atomic E-state index is 0.164. The van der Waals surface area contributed by atoms with Crippen molar-refractivity contribution >= 4 is 5.97 Å². The molecule has 3 unspecified atom stereocenters. The highest BCUT2D eigenvalue weighted by Crippen LogP contribution is 2.30. The molecule has 0 bridgehead atoms. The van der Waals surface area contributed by atoms with Gasteiger partial charge in [0.05, 0.1) is 11.6 Å². The van der Waals surface area contributed by atoms with Crippen LogP contribution in [0.15, 0.2) is 24.4 Å². The first-order valence-corrected chi connectivity index (χ1v) is 7.05. The zero-order valence-electron chi connectivity index (χ0n) is 11.4. The second kappa shape index (κ2) is 6.66. The third-order valence-electron chi connectivity index (χ3n) is 4.04. The van der Waals surface area contributed by atoms with Crippen molar-refractivity contribution in [3.05, 3.63) is 30.1 Å². The molecule has 3 atom stereocenters. The van der Waals surface area contributed by atoms with E-state index in [1.54, 1.807) is 6.20 Å². The molecule has 1 aromatic heterocycles. The molecule has 104 valence electrons. The molecule has 4 heteroatoms. The zero-order chi connectivity index (χ0) is 13.7. The van der Waals surface area contributed by atoms with Crippen molar-refractivity contribution in [3.63, 3.8) is 0 Å². The SMILES string of the molecule is CC(NCC1CCCCC1C(=O)O)c1ccccn1. The lowest BCUT2D eigenvalue weighted by molar-refractivity contribution is -0.144. The first kappa shape index (κ1) is 14.0. The molecule has 19 heavy (non-hydrogen) atoms. The van der Waals surface area contributed by atoms with Gasteiger partial charge in [-0.25, -0.2) is 0 Å². The van der Waals surface area contributed by atoms with E-state index in [1.807, 2.05) is 18.2 Å². The van der Waals surface area contributed by atoms with Crippen LogP contribution in [0.2, 0.25) is 0 Å². The summed E-state index contributed by atoms with van der Waals surface area (Å²) >= 11 is 0. The van der Waals surface area contributed by atoms with Gasteiger partial charge in [-0.1, -0.05) is 18.9 Å². The molecule has 0 spiro atoms. The largest absolute Gasteiger partial charge is 0.481 e. The first-order chi connectivity index (χ1) is 9.18. The minimum atomic E-state index is -0.642. The molecule has 1 aromatic rings. The average molecular weight is 262 g/mol. The van der Waals surface area contributed by atoms with Gasteiger partial charge in [-0.05, 0) is 44.4 Å². The number of aromatic nitrogens is 1. The number of carboxylic acid groups (broad SMARTS) is 1. The van der Waals surface area contributed by atoms with Crippen molar-refractivity contribution in [2.24, 2.45) is 11.8 Å². The second-order valence-corrected chi connectivity index (χ2v) is 5.37. The van der Waals surface area contributed by atoms with E-state index < -0.39 is 5.97 Å². The molecule has 2 N–H and O–H groups in total. The Morgan fingerprint density at radius 3 is 2.95 bits per heavy atom. The van der Waals surface area contributed by atoms with Gasteiger partial charge in [-0.3, -0.25) is 9.78 Å². The zero-order valence-corrected chi connectivity index (χ0v) is 11.4. The van der Waals surface area contributed by atoms with Crippen LogP contribution in [0.3, 0.4) is 0 Å². The number of hydrogen-bond donors (Lipinski definition) is 2. The Labute approximate surface area is 114 Å². The van der Waals surface area contributed by atoms with E-state index in [1.165, 1.54) is 0 Å². The van der Waals surface area contributed by atoms with Crippen LogP contribution in [-0.2, 0) is 4.79 Å². The number of nitrogens with zero attached hydrogens (tertiary/aromatic N) is 1. The molecule has 2 rings (SSSR count). The van der Waals surface area contributed by atoms with E-state index in [4.69, 9.17) is 0 Å². The molecule has 1 heterocycles. The third kappa shape index (κ3) is 3.77. The number of carbonyl (C=O) groups is 1. The number of aliphatic carboxylic acids is 1. The van der Waals surface area contributed by atoms with Gasteiger partial charge < -0.3 is 10.4 Å². The normalized spacial score (nSPS) is 24.9. The summed E-state index contributed by atoms with van der Waals surface area (Å²) in [7, 11) is 0. The molecule has 1 saturated carbocycles. The smallest absolute Gasteiger partial charge is 0.306 e. The number of nitrogens with one attached hydrogen (secondary N) is 1. The van der Waals surface area contributed by atoms with Crippen molar-refractivity contribution in [3.8, 4) is 0 Å². The van der Waals surface area contributed by atoms with Crippen molar-refractivity contribution < 1.29 is 9.90 Å². The number of carboxylic acids is 1. The molecule has 1 fully saturated rings. The maximum Gasteiger partial charge on any atom is 0.306 e. The predicted octanol–water partition coefficient (Wildman–Crippen LogP) is 2.62. The van der Waals surface area contributed by atoms with Crippen LogP contribution in [0.25, 0.3) is 0 Å². The number of pyridine rings is 1. The monoisotopic (exact) mass is 262 g/mol. The van der Waals surface area contributed by atoms with Crippen molar-refractivity contribution in [1.29, 1.82) is 0 Å². The van der Waals surface area contributed by atoms with E-state index in [2.05, 4.69) is 17.2 Å². The van der Waals surface area contributed by atoms with Crippen LogP contribution in [0.4, 0.5) is 0 Å². The molecular formula is C15H22N2O2. The summed E-state index contributed by atoms with van der Waals surface area (Å²) in [6.07, 6.45) is 5.81. The van der Waals surface area contributed by atoms with Crippen molar-refractivity contribution in [2.45, 2.75) is 38.6 Å². The quantitative estimate of drug-likeness (QED) is 0.856. The van der Waals surface area contributed by atoms with Crippen LogP contribution >= 0.6 is 0 Å². The Morgan fingerprint density at radius 2 is 2.26 bits per heavy atom. The van der Waals surface area contributed by atoms with E-state index >= 15 is 0 Å². The standard InChI is InChI=1S/C15H22N2O2/c1-11(14-8-4-5-9-16-14)17-10-12-6-2-3-7-13(12)15(18)19/h4-5,8-9,11-13,17H,2-3,6-7,10H2,1H3,(H,18,19). The van der Waals surface area contributed by atoms with E-state index in [0.29, 0.717) is 0 Å². The van der Waals surface area contributed by atoms with Gasteiger partial charge in [0.25, 0.3) is 0 Å². The maximum atomic E-state index is 11.2. The number of hydrogen-bond acceptors (Lipinski definition) is 3. The molecule has 0 amide bonds. The lowest BCUT2D eigenvalue weighted by Gasteiger charge is -2.29. The van der Waals surface area contributed by atoms with Crippen LogP contribution in [-0.4, -0.2) is 22.6 Å². The first-order valence-electron chi connectivity index (χ1n) is 7.05. The highest BCUT2D eigenvalue weighted by molar-refractivity contribution is 5.70. The Hall–Kier alpha value is -1.42. The number of rotatable bonds is 5. The molecule has 0 aromatic carbocycles. The summed E-state index contributed by atoms with van der Waals surface area (Å²) < 4.78 is 0. The fourth-order valence-corrected chi connectivity index (χ4v) is 2.84. The fourth-order valence-electron chi connectivity index (χ4n) is 2.84. The summed E-state index contributed by atoms with van der Waals surface area (Å²) in [6.45, 7) is 2.83. The van der Waals surface area contributed by atoms with Gasteiger partial charge in [0.2, 0.25) is 0 Å². The summed E-state index contributed by atoms with van der Waals surface area (Å²) in [5, 5.41) is 12.7. The molecule has 4 nitrogen and oxygen atoms in total. The Balaban J connectivity index is 1.88.